The molecule has 0 atom stereocenters. The van der Waals surface area contributed by atoms with E-state index in [0.717, 1.165) is 6.26 Å². The van der Waals surface area contributed by atoms with E-state index in [1.807, 2.05) is 0 Å². The van der Waals surface area contributed by atoms with Crippen molar-refractivity contribution < 1.29 is 23.1 Å². The van der Waals surface area contributed by atoms with Crippen molar-refractivity contribution in [1.82, 2.24) is 5.32 Å². The Balaban J connectivity index is 2.87. The van der Waals surface area contributed by atoms with Gasteiger partial charge in [-0.3, -0.25) is 9.59 Å². The Hall–Kier alpha value is -1.11. The molecule has 0 aromatic carbocycles. The summed E-state index contributed by atoms with van der Waals surface area (Å²) in [6.07, 6.45) is 2.92. The first-order chi connectivity index (χ1) is 7.29. The highest BCUT2D eigenvalue weighted by Crippen LogP contribution is 2.36. The number of carbonyl (C=O) groups is 2. The van der Waals surface area contributed by atoms with Gasteiger partial charge in [0.15, 0.2) is 9.84 Å². The summed E-state index contributed by atoms with van der Waals surface area (Å²) in [6, 6.07) is 0. The Morgan fingerprint density at radius 2 is 1.81 bits per heavy atom. The van der Waals surface area contributed by atoms with Crippen molar-refractivity contribution in [2.24, 2.45) is 0 Å². The van der Waals surface area contributed by atoms with Crippen LogP contribution in [0.25, 0.3) is 0 Å². The molecule has 1 saturated carbocycles. The van der Waals surface area contributed by atoms with Crippen LogP contribution in [-0.4, -0.2) is 42.9 Å². The summed E-state index contributed by atoms with van der Waals surface area (Å²) in [7, 11) is -3.52. The third-order valence-electron chi connectivity index (χ3n) is 2.93. The Morgan fingerprint density at radius 1 is 1.31 bits per heavy atom. The lowest BCUT2D eigenvalue weighted by Gasteiger charge is -2.24. The van der Waals surface area contributed by atoms with Gasteiger partial charge < -0.3 is 10.4 Å². The zero-order valence-electron chi connectivity index (χ0n) is 9.02. The molecule has 6 nitrogen and oxygen atoms in total. The maximum absolute atomic E-state index is 11.8. The van der Waals surface area contributed by atoms with Gasteiger partial charge in [-0.2, -0.15) is 0 Å². The lowest BCUT2D eigenvalue weighted by Crippen LogP contribution is -2.51. The molecule has 0 spiro atoms. The van der Waals surface area contributed by atoms with Crippen molar-refractivity contribution in [3.8, 4) is 0 Å². The van der Waals surface area contributed by atoms with Gasteiger partial charge in [0, 0.05) is 6.26 Å². The van der Waals surface area contributed by atoms with E-state index >= 15 is 0 Å². The first-order valence-corrected chi connectivity index (χ1v) is 6.88. The third-order valence-corrected chi connectivity index (χ3v) is 4.95. The first-order valence-electron chi connectivity index (χ1n) is 4.99. The molecule has 0 radical (unpaired) electrons. The van der Waals surface area contributed by atoms with E-state index < -0.39 is 33.0 Å². The molecule has 0 unspecified atom stereocenters. The average Bonchev–Trinajstić information content (AvgIpc) is 2.62. The summed E-state index contributed by atoms with van der Waals surface area (Å²) in [4.78, 5) is 22.1. The quantitative estimate of drug-likeness (QED) is 0.702. The van der Waals surface area contributed by atoms with Crippen LogP contribution < -0.4 is 5.32 Å². The predicted octanol–water partition coefficient (Wildman–Crippen LogP) is -0.455. The van der Waals surface area contributed by atoms with Crippen LogP contribution in [0, 0.1) is 0 Å². The normalized spacial score (nSPS) is 19.3. The molecular weight excluding hydrogens is 234 g/mol. The second-order valence-corrected chi connectivity index (χ2v) is 6.38. The van der Waals surface area contributed by atoms with Crippen LogP contribution in [-0.2, 0) is 19.4 Å². The third kappa shape index (κ3) is 2.34. The molecular formula is C9H15NO5S. The van der Waals surface area contributed by atoms with E-state index in [9.17, 15) is 18.0 Å². The minimum absolute atomic E-state index is 0.275. The van der Waals surface area contributed by atoms with Crippen LogP contribution in [0.5, 0.6) is 0 Å². The van der Waals surface area contributed by atoms with Gasteiger partial charge in [-0.25, -0.2) is 8.42 Å². The highest BCUT2D eigenvalue weighted by Gasteiger charge is 2.49. The fourth-order valence-electron chi connectivity index (χ4n) is 2.03. The van der Waals surface area contributed by atoms with Crippen LogP contribution in [0.1, 0.15) is 25.7 Å². The van der Waals surface area contributed by atoms with Gasteiger partial charge in [-0.05, 0) is 12.8 Å². The van der Waals surface area contributed by atoms with Gasteiger partial charge in [-0.15, -0.1) is 0 Å². The second-order valence-electron chi connectivity index (χ2n) is 4.05. The van der Waals surface area contributed by atoms with E-state index in [1.54, 1.807) is 0 Å². The fourth-order valence-corrected chi connectivity index (χ4v) is 3.47. The van der Waals surface area contributed by atoms with Crippen molar-refractivity contribution in [3.05, 3.63) is 0 Å². The number of amides is 1. The largest absolute Gasteiger partial charge is 0.480 e. The Bertz CT molecular complexity index is 394. The molecule has 1 aliphatic rings. The lowest BCUT2D eigenvalue weighted by molar-refractivity contribution is -0.138. The summed E-state index contributed by atoms with van der Waals surface area (Å²) in [5.41, 5.74) is 0. The minimum Gasteiger partial charge on any atom is -0.480 e. The monoisotopic (exact) mass is 249 g/mol. The molecule has 1 rings (SSSR count). The molecule has 7 heteroatoms. The van der Waals surface area contributed by atoms with Crippen molar-refractivity contribution >= 4 is 21.7 Å². The Morgan fingerprint density at radius 3 is 2.19 bits per heavy atom. The molecule has 0 saturated heterocycles. The van der Waals surface area contributed by atoms with Gasteiger partial charge in [-0.1, -0.05) is 12.8 Å². The highest BCUT2D eigenvalue weighted by molar-refractivity contribution is 7.92. The first kappa shape index (κ1) is 13.0. The fraction of sp³-hybridized carbons (Fsp3) is 0.778. The van der Waals surface area contributed by atoms with Gasteiger partial charge in [0.25, 0.3) is 0 Å². The van der Waals surface area contributed by atoms with Gasteiger partial charge >= 0.3 is 5.97 Å². The van der Waals surface area contributed by atoms with Gasteiger partial charge in [0.1, 0.15) is 11.3 Å². The van der Waals surface area contributed by atoms with Crippen molar-refractivity contribution in [2.45, 2.75) is 30.4 Å². The van der Waals surface area contributed by atoms with Crippen LogP contribution in [0.4, 0.5) is 0 Å². The van der Waals surface area contributed by atoms with E-state index in [-0.39, 0.29) is 12.8 Å². The van der Waals surface area contributed by atoms with E-state index in [1.165, 1.54) is 0 Å². The van der Waals surface area contributed by atoms with Crippen molar-refractivity contribution in [2.75, 3.05) is 12.8 Å². The van der Waals surface area contributed by atoms with E-state index in [0.29, 0.717) is 12.8 Å². The Kier molecular flexibility index (Phi) is 3.57. The summed E-state index contributed by atoms with van der Waals surface area (Å²) in [5, 5.41) is 10.6. The van der Waals surface area contributed by atoms with Crippen molar-refractivity contribution in [3.63, 3.8) is 0 Å². The van der Waals surface area contributed by atoms with Crippen LogP contribution in [0.2, 0.25) is 0 Å². The molecule has 0 bridgehead atoms. The topological polar surface area (TPSA) is 101 Å². The lowest BCUT2D eigenvalue weighted by atomic mass is 10.1. The molecule has 0 heterocycles. The molecule has 16 heavy (non-hydrogen) atoms. The number of hydrogen-bond acceptors (Lipinski definition) is 4. The van der Waals surface area contributed by atoms with E-state index in [2.05, 4.69) is 5.32 Å². The summed E-state index contributed by atoms with van der Waals surface area (Å²) >= 11 is 0. The number of sulfone groups is 1. The molecule has 92 valence electrons. The zero-order valence-corrected chi connectivity index (χ0v) is 9.84. The minimum atomic E-state index is -3.52. The number of carboxylic acids is 1. The number of carbonyl (C=O) groups excluding carboxylic acids is 1. The maximum Gasteiger partial charge on any atom is 0.322 e. The molecule has 0 aromatic heterocycles. The molecule has 1 amide bonds. The van der Waals surface area contributed by atoms with Gasteiger partial charge in [0.2, 0.25) is 5.91 Å². The predicted molar refractivity (Wildman–Crippen MR) is 56.7 cm³/mol. The molecule has 0 aliphatic heterocycles. The summed E-state index contributed by atoms with van der Waals surface area (Å²) < 4.78 is 21.9. The summed E-state index contributed by atoms with van der Waals surface area (Å²) in [5.74, 6) is -1.87. The SMILES string of the molecule is CS(=O)(=O)C1(C(=O)NCC(=O)O)CCCC1. The standard InChI is InChI=1S/C9H15NO5S/c1-16(14,15)9(4-2-3-5-9)8(13)10-6-7(11)12/h2-6H2,1H3,(H,10,13)(H,11,12). The number of aliphatic carboxylic acids is 1. The van der Waals surface area contributed by atoms with E-state index in [4.69, 9.17) is 5.11 Å². The molecule has 0 aromatic rings. The summed E-state index contributed by atoms with van der Waals surface area (Å²) in [6.45, 7) is -0.546. The number of nitrogens with one attached hydrogen (secondary N) is 1. The second kappa shape index (κ2) is 4.40. The zero-order chi connectivity index (χ0) is 12.4. The highest BCUT2D eigenvalue weighted by atomic mass is 32.2. The van der Waals surface area contributed by atoms with Crippen LogP contribution >= 0.6 is 0 Å². The molecule has 1 aliphatic carbocycles. The number of carboxylic acid groups (broad SMARTS) is 1. The number of hydrogen-bond donors (Lipinski definition) is 2. The van der Waals surface area contributed by atoms with Gasteiger partial charge in [0.05, 0.1) is 0 Å². The molecule has 1 fully saturated rings. The number of rotatable bonds is 4. The molecule has 2 N–H and O–H groups in total. The maximum atomic E-state index is 11.8. The average molecular weight is 249 g/mol. The Labute approximate surface area is 93.9 Å². The van der Waals surface area contributed by atoms with Crippen LogP contribution in [0.15, 0.2) is 0 Å². The van der Waals surface area contributed by atoms with Crippen molar-refractivity contribution in [1.29, 1.82) is 0 Å². The van der Waals surface area contributed by atoms with Crippen LogP contribution in [0.3, 0.4) is 0 Å². The smallest absolute Gasteiger partial charge is 0.322 e.